The minimum Gasteiger partial charge on any atom is -0.507 e. The average molecular weight is 296 g/mol. The molecule has 22 heavy (non-hydrogen) atoms. The van der Waals surface area contributed by atoms with E-state index in [1.54, 1.807) is 6.07 Å². The summed E-state index contributed by atoms with van der Waals surface area (Å²) in [5.41, 5.74) is 1.05. The normalized spacial score (nSPS) is 11.5. The van der Waals surface area contributed by atoms with E-state index in [0.29, 0.717) is 12.2 Å². The Hall–Kier alpha value is -2.36. The molecule has 0 aliphatic carbocycles. The summed E-state index contributed by atoms with van der Waals surface area (Å²) in [6.45, 7) is -0.172. The summed E-state index contributed by atoms with van der Waals surface area (Å²) < 4.78 is 0. The quantitative estimate of drug-likeness (QED) is 0.696. The van der Waals surface area contributed by atoms with Crippen molar-refractivity contribution in [3.8, 4) is 5.75 Å². The maximum atomic E-state index is 9.37. The van der Waals surface area contributed by atoms with E-state index in [-0.39, 0.29) is 6.61 Å². The van der Waals surface area contributed by atoms with Gasteiger partial charge in [-0.1, -0.05) is 66.7 Å². The standard InChI is InChI=1S/C10H8O.C9H12O2/c11-10-7-3-5-8-4-1-2-6-9(8)10;10-7-9(11)6-8-4-2-1-3-5-8/h1-7,11H;1-5,9-11H,6-7H2. The molecule has 0 heterocycles. The van der Waals surface area contributed by atoms with Crippen LogP contribution in [0.2, 0.25) is 0 Å². The van der Waals surface area contributed by atoms with E-state index < -0.39 is 6.10 Å². The van der Waals surface area contributed by atoms with Gasteiger partial charge in [0.15, 0.2) is 0 Å². The largest absolute Gasteiger partial charge is 0.507 e. The number of phenols is 1. The van der Waals surface area contributed by atoms with Crippen LogP contribution in [0.4, 0.5) is 0 Å². The van der Waals surface area contributed by atoms with Gasteiger partial charge in [0.05, 0.1) is 12.7 Å². The number of phenolic OH excluding ortho intramolecular Hbond substituents is 1. The van der Waals surface area contributed by atoms with E-state index in [4.69, 9.17) is 10.2 Å². The van der Waals surface area contributed by atoms with Crippen LogP contribution >= 0.6 is 0 Å². The third-order valence-electron chi connectivity index (χ3n) is 3.29. The Morgan fingerprint density at radius 3 is 2.09 bits per heavy atom. The van der Waals surface area contributed by atoms with Crippen molar-refractivity contribution in [2.24, 2.45) is 0 Å². The molecule has 3 nitrogen and oxygen atoms in total. The lowest BCUT2D eigenvalue weighted by Crippen LogP contribution is -2.14. The van der Waals surface area contributed by atoms with Crippen molar-refractivity contribution in [1.29, 1.82) is 0 Å². The molecule has 0 aromatic heterocycles. The van der Waals surface area contributed by atoms with E-state index in [1.807, 2.05) is 66.7 Å². The average Bonchev–Trinajstić information content (AvgIpc) is 2.57. The number of aliphatic hydroxyl groups excluding tert-OH is 2. The fourth-order valence-electron chi connectivity index (χ4n) is 2.16. The number of hydrogen-bond donors (Lipinski definition) is 3. The van der Waals surface area contributed by atoms with E-state index in [0.717, 1.165) is 16.3 Å². The highest BCUT2D eigenvalue weighted by atomic mass is 16.3. The Kier molecular flexibility index (Phi) is 5.95. The third kappa shape index (κ3) is 4.58. The Bertz CT molecular complexity index is 690. The molecule has 3 aromatic rings. The predicted molar refractivity (Wildman–Crippen MR) is 88.9 cm³/mol. The topological polar surface area (TPSA) is 60.7 Å². The second-order valence-electron chi connectivity index (χ2n) is 5.02. The van der Waals surface area contributed by atoms with Gasteiger partial charge < -0.3 is 15.3 Å². The minimum atomic E-state index is -0.627. The van der Waals surface area contributed by atoms with Crippen molar-refractivity contribution in [3.05, 3.63) is 78.4 Å². The fourth-order valence-corrected chi connectivity index (χ4v) is 2.16. The van der Waals surface area contributed by atoms with Crippen LogP contribution in [0, 0.1) is 0 Å². The van der Waals surface area contributed by atoms with Crippen molar-refractivity contribution < 1.29 is 15.3 Å². The van der Waals surface area contributed by atoms with Gasteiger partial charge in [0.2, 0.25) is 0 Å². The third-order valence-corrected chi connectivity index (χ3v) is 3.29. The molecule has 1 unspecified atom stereocenters. The van der Waals surface area contributed by atoms with Gasteiger partial charge >= 0.3 is 0 Å². The number of benzene rings is 3. The van der Waals surface area contributed by atoms with Crippen LogP contribution in [0.1, 0.15) is 5.56 Å². The van der Waals surface area contributed by atoms with Gasteiger partial charge in [-0.2, -0.15) is 0 Å². The van der Waals surface area contributed by atoms with Gasteiger partial charge in [-0.25, -0.2) is 0 Å². The number of aliphatic hydroxyl groups is 2. The summed E-state index contributed by atoms with van der Waals surface area (Å²) in [4.78, 5) is 0. The summed E-state index contributed by atoms with van der Waals surface area (Å²) in [6.07, 6.45) is -0.102. The molecule has 0 bridgehead atoms. The molecule has 3 N–H and O–H groups in total. The summed E-state index contributed by atoms with van der Waals surface area (Å²) in [7, 11) is 0. The first-order valence-electron chi connectivity index (χ1n) is 7.20. The maximum Gasteiger partial charge on any atom is 0.123 e. The molecule has 0 aliphatic rings. The van der Waals surface area contributed by atoms with Crippen LogP contribution in [0.25, 0.3) is 10.8 Å². The van der Waals surface area contributed by atoms with Crippen LogP contribution in [0.5, 0.6) is 5.75 Å². The highest BCUT2D eigenvalue weighted by Gasteiger charge is 2.01. The smallest absolute Gasteiger partial charge is 0.123 e. The van der Waals surface area contributed by atoms with E-state index in [9.17, 15) is 5.11 Å². The molecule has 114 valence electrons. The molecule has 0 spiro atoms. The van der Waals surface area contributed by atoms with Crippen molar-refractivity contribution >= 4 is 10.8 Å². The van der Waals surface area contributed by atoms with Crippen LogP contribution < -0.4 is 0 Å². The van der Waals surface area contributed by atoms with E-state index >= 15 is 0 Å². The molecule has 3 rings (SSSR count). The Balaban J connectivity index is 0.000000160. The van der Waals surface area contributed by atoms with Gasteiger partial charge in [0.1, 0.15) is 5.75 Å². The summed E-state index contributed by atoms with van der Waals surface area (Å²) in [5.74, 6) is 0.350. The zero-order valence-electron chi connectivity index (χ0n) is 12.3. The molecule has 0 aliphatic heterocycles. The monoisotopic (exact) mass is 296 g/mol. The van der Waals surface area contributed by atoms with E-state index in [2.05, 4.69) is 0 Å². The molecule has 1 atom stereocenters. The van der Waals surface area contributed by atoms with Gasteiger partial charge in [-0.3, -0.25) is 0 Å². The van der Waals surface area contributed by atoms with Crippen molar-refractivity contribution in [2.45, 2.75) is 12.5 Å². The zero-order valence-corrected chi connectivity index (χ0v) is 12.3. The molecular weight excluding hydrogens is 276 g/mol. The molecule has 0 saturated carbocycles. The first-order valence-corrected chi connectivity index (χ1v) is 7.20. The van der Waals surface area contributed by atoms with Gasteiger partial charge in [0.25, 0.3) is 0 Å². The Labute approximate surface area is 130 Å². The Morgan fingerprint density at radius 1 is 0.773 bits per heavy atom. The summed E-state index contributed by atoms with van der Waals surface area (Å²) in [6, 6.07) is 22.9. The lowest BCUT2D eigenvalue weighted by atomic mass is 10.1. The minimum absolute atomic E-state index is 0.172. The second kappa shape index (κ2) is 8.17. The first-order chi connectivity index (χ1) is 10.7. The molecule has 0 radical (unpaired) electrons. The molecule has 0 fully saturated rings. The lowest BCUT2D eigenvalue weighted by Gasteiger charge is -2.05. The van der Waals surface area contributed by atoms with Crippen LogP contribution in [-0.4, -0.2) is 28.0 Å². The molecule has 0 saturated heterocycles. The van der Waals surface area contributed by atoms with Crippen LogP contribution in [-0.2, 0) is 6.42 Å². The van der Waals surface area contributed by atoms with Gasteiger partial charge in [0, 0.05) is 11.8 Å². The number of aromatic hydroxyl groups is 1. The first kappa shape index (κ1) is 16.0. The maximum absolute atomic E-state index is 9.37. The van der Waals surface area contributed by atoms with Crippen LogP contribution in [0.3, 0.4) is 0 Å². The van der Waals surface area contributed by atoms with Crippen molar-refractivity contribution in [1.82, 2.24) is 0 Å². The number of rotatable bonds is 3. The van der Waals surface area contributed by atoms with Crippen molar-refractivity contribution in [2.75, 3.05) is 6.61 Å². The molecule has 3 heteroatoms. The SMILES string of the molecule is OCC(O)Cc1ccccc1.Oc1cccc2ccccc12. The lowest BCUT2D eigenvalue weighted by molar-refractivity contribution is 0.0955. The summed E-state index contributed by atoms with van der Waals surface area (Å²) >= 11 is 0. The molecular formula is C19H20O3. The highest BCUT2D eigenvalue weighted by Crippen LogP contribution is 2.22. The van der Waals surface area contributed by atoms with Gasteiger partial charge in [-0.05, 0) is 17.0 Å². The van der Waals surface area contributed by atoms with Crippen molar-refractivity contribution in [3.63, 3.8) is 0 Å². The highest BCUT2D eigenvalue weighted by molar-refractivity contribution is 5.87. The molecule has 0 amide bonds. The zero-order chi connectivity index (χ0) is 15.8. The Morgan fingerprint density at radius 2 is 1.41 bits per heavy atom. The number of fused-ring (bicyclic) bond motifs is 1. The molecule has 3 aromatic carbocycles. The number of hydrogen-bond acceptors (Lipinski definition) is 3. The van der Waals surface area contributed by atoms with E-state index in [1.165, 1.54) is 0 Å². The second-order valence-corrected chi connectivity index (χ2v) is 5.02. The summed E-state index contributed by atoms with van der Waals surface area (Å²) in [5, 5.41) is 29.0. The predicted octanol–water partition coefficient (Wildman–Crippen LogP) is 3.13. The van der Waals surface area contributed by atoms with Crippen LogP contribution in [0.15, 0.2) is 72.8 Å². The van der Waals surface area contributed by atoms with Gasteiger partial charge in [-0.15, -0.1) is 0 Å². The fraction of sp³-hybridized carbons (Fsp3) is 0.158.